The van der Waals surface area contributed by atoms with Crippen LogP contribution in [0, 0.1) is 6.92 Å². The summed E-state index contributed by atoms with van der Waals surface area (Å²) in [5.41, 5.74) is 4.17. The van der Waals surface area contributed by atoms with E-state index in [1.165, 1.54) is 5.56 Å². The number of pyridine rings is 1. The number of halogens is 1. The van der Waals surface area contributed by atoms with Gasteiger partial charge in [0.25, 0.3) is 0 Å². The number of hydrogen-bond donors (Lipinski definition) is 1. The summed E-state index contributed by atoms with van der Waals surface area (Å²) >= 11 is 3.37. The summed E-state index contributed by atoms with van der Waals surface area (Å²) in [6, 6.07) is 3.88. The highest BCUT2D eigenvalue weighted by Gasteiger charge is 2.17. The zero-order valence-corrected chi connectivity index (χ0v) is 11.0. The van der Waals surface area contributed by atoms with E-state index in [1.54, 1.807) is 6.20 Å². The molecule has 0 amide bonds. The largest absolute Gasteiger partial charge is 0.307 e. The van der Waals surface area contributed by atoms with Crippen molar-refractivity contribution in [1.82, 2.24) is 20.3 Å². The number of rotatable bonds is 1. The lowest BCUT2D eigenvalue weighted by atomic mass is 10.2. The smallest absolute Gasteiger partial charge is 0.178 e. The highest BCUT2D eigenvalue weighted by Crippen LogP contribution is 2.21. The molecule has 0 saturated carbocycles. The third kappa shape index (κ3) is 1.96. The van der Waals surface area contributed by atoms with Gasteiger partial charge in [0.05, 0.1) is 5.69 Å². The van der Waals surface area contributed by atoms with Crippen LogP contribution in [0.3, 0.4) is 0 Å². The van der Waals surface area contributed by atoms with Crippen LogP contribution in [0.1, 0.15) is 17.0 Å². The molecule has 2 aromatic rings. The second kappa shape index (κ2) is 4.16. The van der Waals surface area contributed by atoms with E-state index in [-0.39, 0.29) is 0 Å². The van der Waals surface area contributed by atoms with Crippen LogP contribution in [0.15, 0.2) is 22.8 Å². The van der Waals surface area contributed by atoms with E-state index < -0.39 is 0 Å². The van der Waals surface area contributed by atoms with Gasteiger partial charge in [-0.3, -0.25) is 4.98 Å². The van der Waals surface area contributed by atoms with Crippen LogP contribution in [0.5, 0.6) is 0 Å². The Kier molecular flexibility index (Phi) is 2.64. The molecule has 3 rings (SSSR count). The molecule has 0 aromatic carbocycles. The first-order valence-corrected chi connectivity index (χ1v) is 6.22. The fourth-order valence-electron chi connectivity index (χ4n) is 1.96. The number of aromatic nitrogens is 3. The predicted molar refractivity (Wildman–Crippen MR) is 68.2 cm³/mol. The van der Waals surface area contributed by atoms with Crippen molar-refractivity contribution < 1.29 is 0 Å². The minimum Gasteiger partial charge on any atom is -0.307 e. The minimum atomic E-state index is 0.706. The third-order valence-corrected chi connectivity index (χ3v) is 3.32. The fourth-order valence-corrected chi connectivity index (χ4v) is 2.19. The molecule has 1 aliphatic heterocycles. The van der Waals surface area contributed by atoms with Gasteiger partial charge in [-0.2, -0.15) is 0 Å². The highest BCUT2D eigenvalue weighted by atomic mass is 79.9. The average molecular weight is 291 g/mol. The quantitative estimate of drug-likeness (QED) is 0.875. The van der Waals surface area contributed by atoms with Crippen LogP contribution in [0.2, 0.25) is 0 Å². The maximum Gasteiger partial charge on any atom is 0.178 e. The molecule has 0 fully saturated rings. The van der Waals surface area contributed by atoms with Gasteiger partial charge in [-0.25, -0.2) is 9.97 Å². The maximum absolute atomic E-state index is 4.56. The Labute approximate surface area is 108 Å². The van der Waals surface area contributed by atoms with Gasteiger partial charge in [0.15, 0.2) is 5.82 Å². The molecular formula is C12H11BrN4. The van der Waals surface area contributed by atoms with Crippen molar-refractivity contribution in [3.63, 3.8) is 0 Å². The Bertz CT molecular complexity index is 565. The van der Waals surface area contributed by atoms with Crippen LogP contribution < -0.4 is 5.32 Å². The van der Waals surface area contributed by atoms with E-state index in [1.807, 2.05) is 19.1 Å². The summed E-state index contributed by atoms with van der Waals surface area (Å²) in [5, 5.41) is 3.29. The summed E-state index contributed by atoms with van der Waals surface area (Å²) in [6.45, 7) is 3.72. The molecule has 0 spiro atoms. The van der Waals surface area contributed by atoms with Gasteiger partial charge in [0.1, 0.15) is 5.69 Å². The van der Waals surface area contributed by atoms with Crippen LogP contribution in [-0.2, 0) is 13.1 Å². The third-order valence-electron chi connectivity index (χ3n) is 2.85. The van der Waals surface area contributed by atoms with Crippen LogP contribution in [0.25, 0.3) is 11.5 Å². The second-order valence-electron chi connectivity index (χ2n) is 4.02. The number of nitrogens with zero attached hydrogens (tertiary/aromatic N) is 3. The summed E-state index contributed by atoms with van der Waals surface area (Å²) in [6.07, 6.45) is 1.76. The number of fused-ring (bicyclic) bond motifs is 1. The minimum absolute atomic E-state index is 0.706. The van der Waals surface area contributed by atoms with Crippen molar-refractivity contribution in [1.29, 1.82) is 0 Å². The zero-order valence-electron chi connectivity index (χ0n) is 9.37. The van der Waals surface area contributed by atoms with E-state index in [2.05, 4.69) is 36.2 Å². The molecule has 0 saturated heterocycles. The average Bonchev–Trinajstić information content (AvgIpc) is 2.78. The van der Waals surface area contributed by atoms with Gasteiger partial charge in [-0.1, -0.05) is 0 Å². The van der Waals surface area contributed by atoms with E-state index in [0.717, 1.165) is 34.6 Å². The van der Waals surface area contributed by atoms with Crippen molar-refractivity contribution in [3.8, 4) is 11.5 Å². The van der Waals surface area contributed by atoms with Crippen LogP contribution in [0.4, 0.5) is 0 Å². The monoisotopic (exact) mass is 290 g/mol. The molecule has 17 heavy (non-hydrogen) atoms. The first-order valence-electron chi connectivity index (χ1n) is 5.43. The van der Waals surface area contributed by atoms with Crippen LogP contribution in [-0.4, -0.2) is 15.0 Å². The Hall–Kier alpha value is -1.33. The number of nitrogens with one attached hydrogen (secondary N) is 1. The molecule has 0 aliphatic carbocycles. The van der Waals surface area contributed by atoms with E-state index in [4.69, 9.17) is 0 Å². The summed E-state index contributed by atoms with van der Waals surface area (Å²) in [4.78, 5) is 13.4. The second-order valence-corrected chi connectivity index (χ2v) is 4.94. The molecule has 0 unspecified atom stereocenters. The van der Waals surface area contributed by atoms with Crippen molar-refractivity contribution in [2.24, 2.45) is 0 Å². The van der Waals surface area contributed by atoms with Crippen LogP contribution >= 0.6 is 15.9 Å². The van der Waals surface area contributed by atoms with Crippen molar-refractivity contribution in [2.75, 3.05) is 0 Å². The topological polar surface area (TPSA) is 50.7 Å². The van der Waals surface area contributed by atoms with Gasteiger partial charge >= 0.3 is 0 Å². The first kappa shape index (κ1) is 10.8. The molecule has 0 bridgehead atoms. The Morgan fingerprint density at radius 3 is 2.88 bits per heavy atom. The molecular weight excluding hydrogens is 280 g/mol. The summed E-state index contributed by atoms with van der Waals surface area (Å²) in [5.74, 6) is 0.706. The predicted octanol–water partition coefficient (Wildman–Crippen LogP) is 2.21. The van der Waals surface area contributed by atoms with E-state index in [9.17, 15) is 0 Å². The summed E-state index contributed by atoms with van der Waals surface area (Å²) in [7, 11) is 0. The van der Waals surface area contributed by atoms with Gasteiger partial charge in [-0.05, 0) is 35.0 Å². The first-order chi connectivity index (χ1) is 8.24. The Morgan fingerprint density at radius 2 is 2.12 bits per heavy atom. The van der Waals surface area contributed by atoms with Gasteiger partial charge in [-0.15, -0.1) is 0 Å². The van der Waals surface area contributed by atoms with Gasteiger partial charge < -0.3 is 5.32 Å². The molecule has 0 radical (unpaired) electrons. The standard InChI is InChI=1S/C12H11BrN4/c1-7-9-5-14-6-11(9)17-12(16-7)10-3-2-8(13)4-15-10/h2-4,14H,5-6H2,1H3. The summed E-state index contributed by atoms with van der Waals surface area (Å²) < 4.78 is 0.959. The lowest BCUT2D eigenvalue weighted by Gasteiger charge is -2.05. The zero-order chi connectivity index (χ0) is 11.8. The Balaban J connectivity index is 2.10. The van der Waals surface area contributed by atoms with E-state index in [0.29, 0.717) is 5.82 Å². The van der Waals surface area contributed by atoms with Crippen molar-refractivity contribution in [3.05, 3.63) is 39.8 Å². The SMILES string of the molecule is Cc1nc(-c2ccc(Br)cn2)nc2c1CNC2. The van der Waals surface area contributed by atoms with Gasteiger partial charge in [0.2, 0.25) is 0 Å². The highest BCUT2D eigenvalue weighted by molar-refractivity contribution is 9.10. The lowest BCUT2D eigenvalue weighted by molar-refractivity contribution is 0.757. The molecule has 0 atom stereocenters. The maximum atomic E-state index is 4.56. The van der Waals surface area contributed by atoms with Crippen molar-refractivity contribution >= 4 is 15.9 Å². The molecule has 1 aliphatic rings. The molecule has 3 heterocycles. The molecule has 2 aromatic heterocycles. The molecule has 1 N–H and O–H groups in total. The van der Waals surface area contributed by atoms with E-state index >= 15 is 0 Å². The molecule has 4 nitrogen and oxygen atoms in total. The number of aryl methyl sites for hydroxylation is 1. The molecule has 86 valence electrons. The van der Waals surface area contributed by atoms with Crippen molar-refractivity contribution in [2.45, 2.75) is 20.0 Å². The number of hydrogen-bond acceptors (Lipinski definition) is 4. The lowest BCUT2D eigenvalue weighted by Crippen LogP contribution is -2.00. The fraction of sp³-hybridized carbons (Fsp3) is 0.250. The van der Waals surface area contributed by atoms with Gasteiger partial charge in [0, 0.05) is 35.0 Å². The molecule has 5 heteroatoms. The Morgan fingerprint density at radius 1 is 1.24 bits per heavy atom. The normalized spacial score (nSPS) is 13.8.